The summed E-state index contributed by atoms with van der Waals surface area (Å²) in [4.78, 5) is 30.7. The first-order chi connectivity index (χ1) is 8.97. The Bertz CT molecular complexity index is 444. The summed E-state index contributed by atoms with van der Waals surface area (Å²) in [5.41, 5.74) is 6.32. The van der Waals surface area contributed by atoms with Crippen molar-refractivity contribution < 1.29 is 14.4 Å². The van der Waals surface area contributed by atoms with Gasteiger partial charge in [0.15, 0.2) is 0 Å². The lowest BCUT2D eigenvalue weighted by molar-refractivity contribution is -0.121. The van der Waals surface area contributed by atoms with Crippen LogP contribution in [-0.4, -0.2) is 47.1 Å². The molecule has 1 fully saturated rings. The van der Waals surface area contributed by atoms with Gasteiger partial charge in [0.25, 0.3) is 0 Å². The van der Waals surface area contributed by atoms with Gasteiger partial charge >= 0.3 is 6.03 Å². The molecule has 0 saturated carbocycles. The van der Waals surface area contributed by atoms with Gasteiger partial charge in [-0.25, -0.2) is 4.79 Å². The second kappa shape index (κ2) is 5.05. The van der Waals surface area contributed by atoms with Crippen LogP contribution in [0.2, 0.25) is 0 Å². The number of rotatable bonds is 5. The molecule has 6 heteroatoms. The summed E-state index contributed by atoms with van der Waals surface area (Å²) >= 11 is 0. The first-order valence-corrected chi connectivity index (χ1v) is 6.32. The molecule has 1 saturated heterocycles. The number of nitrogens with zero attached hydrogens (tertiary/aromatic N) is 2. The molecule has 2 N–H and O–H groups in total. The van der Waals surface area contributed by atoms with E-state index in [1.54, 1.807) is 6.08 Å². The Labute approximate surface area is 112 Å². The Morgan fingerprint density at radius 2 is 2.37 bits per heavy atom. The number of primary amides is 1. The number of carbonyl (C=O) groups excluding carboxylic acids is 2. The molecule has 2 rings (SSSR count). The molecule has 19 heavy (non-hydrogen) atoms. The van der Waals surface area contributed by atoms with Crippen molar-refractivity contribution in [2.45, 2.75) is 25.9 Å². The van der Waals surface area contributed by atoms with Gasteiger partial charge in [0.05, 0.1) is 19.2 Å². The second-order valence-corrected chi connectivity index (χ2v) is 5.04. The van der Waals surface area contributed by atoms with Gasteiger partial charge in [0.1, 0.15) is 6.04 Å². The fraction of sp³-hybridized carbons (Fsp3) is 0.538. The van der Waals surface area contributed by atoms with Gasteiger partial charge in [0, 0.05) is 0 Å². The van der Waals surface area contributed by atoms with Crippen LogP contribution in [0.4, 0.5) is 4.79 Å². The summed E-state index contributed by atoms with van der Waals surface area (Å²) in [7, 11) is 0. The van der Waals surface area contributed by atoms with Gasteiger partial charge in [-0.1, -0.05) is 26.0 Å². The van der Waals surface area contributed by atoms with Crippen LogP contribution in [0, 0.1) is 5.92 Å². The van der Waals surface area contributed by atoms with Crippen LogP contribution in [0.1, 0.15) is 13.8 Å². The van der Waals surface area contributed by atoms with Crippen LogP contribution < -0.4 is 5.73 Å². The molecule has 3 amide bonds. The number of amides is 3. The molecule has 0 aromatic heterocycles. The van der Waals surface area contributed by atoms with Crippen molar-refractivity contribution in [3.63, 3.8) is 0 Å². The van der Waals surface area contributed by atoms with Crippen LogP contribution in [0.25, 0.3) is 0 Å². The third kappa shape index (κ3) is 2.23. The van der Waals surface area contributed by atoms with E-state index in [1.807, 2.05) is 19.9 Å². The van der Waals surface area contributed by atoms with Crippen molar-refractivity contribution in [1.82, 2.24) is 9.96 Å². The van der Waals surface area contributed by atoms with Crippen molar-refractivity contribution >= 4 is 11.9 Å². The molecule has 0 spiro atoms. The van der Waals surface area contributed by atoms with Crippen LogP contribution >= 0.6 is 0 Å². The predicted molar refractivity (Wildman–Crippen MR) is 69.8 cm³/mol. The van der Waals surface area contributed by atoms with Crippen molar-refractivity contribution in [2.75, 3.05) is 13.2 Å². The maximum Gasteiger partial charge on any atom is 0.345 e. The van der Waals surface area contributed by atoms with E-state index >= 15 is 0 Å². The first-order valence-electron chi connectivity index (χ1n) is 6.32. The molecule has 6 nitrogen and oxygen atoms in total. The number of urea groups is 1. The highest BCUT2D eigenvalue weighted by atomic mass is 16.7. The Balaban J connectivity index is 2.31. The molecule has 104 valence electrons. The third-order valence-corrected chi connectivity index (χ3v) is 3.40. The highest BCUT2D eigenvalue weighted by Gasteiger charge is 2.48. The van der Waals surface area contributed by atoms with E-state index in [2.05, 4.69) is 6.58 Å². The van der Waals surface area contributed by atoms with E-state index < -0.39 is 11.9 Å². The Hall–Kier alpha value is -1.82. The standard InChI is InChI=1S/C13H19N3O3/c1-4-5-19-16-9-6-10(8(2)3)11(12(14)17)15(7-9)13(16)18/h4,6,8-9,11H,1,5,7H2,2-3H3,(H2,14,17)/t9-,11+/m1/s1. The number of fused-ring (bicyclic) bond motifs is 2. The largest absolute Gasteiger partial charge is 0.368 e. The third-order valence-electron chi connectivity index (χ3n) is 3.40. The lowest BCUT2D eigenvalue weighted by atomic mass is 9.90. The van der Waals surface area contributed by atoms with Crippen molar-refractivity contribution in [3.05, 3.63) is 24.3 Å². The van der Waals surface area contributed by atoms with E-state index in [1.165, 1.54) is 9.96 Å². The topological polar surface area (TPSA) is 75.9 Å². The van der Waals surface area contributed by atoms with Gasteiger partial charge in [-0.2, -0.15) is 5.06 Å². The molecule has 0 aromatic rings. The molecule has 0 unspecified atom stereocenters. The highest BCUT2D eigenvalue weighted by molar-refractivity contribution is 5.90. The van der Waals surface area contributed by atoms with E-state index in [-0.39, 0.29) is 24.6 Å². The van der Waals surface area contributed by atoms with Crippen molar-refractivity contribution in [3.8, 4) is 0 Å². The van der Waals surface area contributed by atoms with Gasteiger partial charge < -0.3 is 10.6 Å². The fourth-order valence-corrected chi connectivity index (χ4v) is 2.56. The average Bonchev–Trinajstić information content (AvgIpc) is 2.59. The van der Waals surface area contributed by atoms with Crippen LogP contribution in [-0.2, 0) is 9.63 Å². The average molecular weight is 265 g/mol. The number of hydrogen-bond acceptors (Lipinski definition) is 3. The zero-order chi connectivity index (χ0) is 14.2. The second-order valence-electron chi connectivity index (χ2n) is 5.04. The van der Waals surface area contributed by atoms with Crippen LogP contribution in [0.3, 0.4) is 0 Å². The molecule has 2 heterocycles. The molecule has 0 aliphatic carbocycles. The monoisotopic (exact) mass is 265 g/mol. The summed E-state index contributed by atoms with van der Waals surface area (Å²) in [6.45, 7) is 8.19. The van der Waals surface area contributed by atoms with E-state index in [0.29, 0.717) is 6.54 Å². The van der Waals surface area contributed by atoms with E-state index in [0.717, 1.165) is 5.57 Å². The maximum absolute atomic E-state index is 12.2. The van der Waals surface area contributed by atoms with Crippen molar-refractivity contribution in [2.24, 2.45) is 11.7 Å². The molecule has 2 aliphatic rings. The quantitative estimate of drug-likeness (QED) is 0.742. The lowest BCUT2D eigenvalue weighted by Crippen LogP contribution is -2.49. The van der Waals surface area contributed by atoms with Gasteiger partial charge in [-0.3, -0.25) is 9.63 Å². The minimum absolute atomic E-state index is 0.148. The smallest absolute Gasteiger partial charge is 0.345 e. The fourth-order valence-electron chi connectivity index (χ4n) is 2.56. The summed E-state index contributed by atoms with van der Waals surface area (Å²) in [6.07, 6.45) is 3.49. The Morgan fingerprint density at radius 3 is 2.89 bits per heavy atom. The number of nitrogens with two attached hydrogens (primary N) is 1. The summed E-state index contributed by atoms with van der Waals surface area (Å²) in [5.74, 6) is -0.354. The summed E-state index contributed by atoms with van der Waals surface area (Å²) in [6, 6.07) is -1.15. The molecule has 0 radical (unpaired) electrons. The SMILES string of the molecule is C=CCON1C(=O)N2C[C@H]1C=C(C(C)C)[C@H]2C(N)=O. The van der Waals surface area contributed by atoms with Crippen LogP contribution in [0.15, 0.2) is 24.3 Å². The van der Waals surface area contributed by atoms with Gasteiger partial charge in [-0.05, 0) is 11.5 Å². The molecule has 2 atom stereocenters. The predicted octanol–water partition coefficient (Wildman–Crippen LogP) is 0.660. The number of carbonyl (C=O) groups is 2. The van der Waals surface area contributed by atoms with Gasteiger partial charge in [0.2, 0.25) is 5.91 Å². The summed E-state index contributed by atoms with van der Waals surface area (Å²) in [5, 5.41) is 1.30. The van der Waals surface area contributed by atoms with E-state index in [9.17, 15) is 9.59 Å². The Kier molecular flexibility index (Phi) is 3.61. The first kappa shape index (κ1) is 13.6. The molecule has 2 bridgehead atoms. The minimum atomic E-state index is -0.666. The summed E-state index contributed by atoms with van der Waals surface area (Å²) < 4.78 is 0. The molecule has 0 aromatic carbocycles. The molecular weight excluding hydrogens is 246 g/mol. The van der Waals surface area contributed by atoms with Crippen LogP contribution in [0.5, 0.6) is 0 Å². The van der Waals surface area contributed by atoms with Gasteiger partial charge in [-0.15, -0.1) is 6.58 Å². The number of hydroxylamine groups is 2. The zero-order valence-corrected chi connectivity index (χ0v) is 11.2. The van der Waals surface area contributed by atoms with E-state index in [4.69, 9.17) is 10.6 Å². The minimum Gasteiger partial charge on any atom is -0.368 e. The zero-order valence-electron chi connectivity index (χ0n) is 11.2. The highest BCUT2D eigenvalue weighted by Crippen LogP contribution is 2.32. The molecule has 2 aliphatic heterocycles. The number of hydrogen-bond donors (Lipinski definition) is 1. The maximum atomic E-state index is 12.2. The lowest BCUT2D eigenvalue weighted by Gasteiger charge is -2.31. The Morgan fingerprint density at radius 1 is 1.68 bits per heavy atom. The van der Waals surface area contributed by atoms with Crippen molar-refractivity contribution in [1.29, 1.82) is 0 Å². The normalized spacial score (nSPS) is 25.8. The molecular formula is C13H19N3O3.